The Kier molecular flexibility index (Phi) is 5.56. The van der Waals surface area contributed by atoms with Gasteiger partial charge in [0.2, 0.25) is 0 Å². The zero-order chi connectivity index (χ0) is 21.1. The highest BCUT2D eigenvalue weighted by atomic mass is 16.5. The number of aryl methyl sites for hydroxylation is 1. The molecule has 8 heteroatoms. The molecule has 156 valence electrons. The normalized spacial score (nSPS) is 14.0. The lowest BCUT2D eigenvalue weighted by Gasteiger charge is -2.36. The van der Waals surface area contributed by atoms with Gasteiger partial charge in [-0.05, 0) is 38.1 Å². The van der Waals surface area contributed by atoms with Gasteiger partial charge < -0.3 is 19.9 Å². The first-order valence-electron chi connectivity index (χ1n) is 10.00. The maximum absolute atomic E-state index is 12.7. The fourth-order valence-electron chi connectivity index (χ4n) is 3.87. The van der Waals surface area contributed by atoms with E-state index in [1.165, 1.54) is 0 Å². The summed E-state index contributed by atoms with van der Waals surface area (Å²) < 4.78 is 7.20. The van der Waals surface area contributed by atoms with E-state index in [9.17, 15) is 4.79 Å². The van der Waals surface area contributed by atoms with Gasteiger partial charge in [-0.3, -0.25) is 0 Å². The summed E-state index contributed by atoms with van der Waals surface area (Å²) in [6.07, 6.45) is 1.77. The molecular weight excluding hydrogens is 380 g/mol. The SMILES string of the molecule is COc1ccccc1NC(=O)N1CCN(c2c(C)nn(-c3ccccn3)c2C)CC1. The Morgan fingerprint density at radius 1 is 1.03 bits per heavy atom. The predicted molar refractivity (Wildman–Crippen MR) is 117 cm³/mol. The molecule has 4 rings (SSSR count). The maximum atomic E-state index is 12.7. The van der Waals surface area contributed by atoms with Crippen molar-refractivity contribution in [1.82, 2.24) is 19.7 Å². The van der Waals surface area contributed by atoms with Crippen molar-refractivity contribution in [2.45, 2.75) is 13.8 Å². The average Bonchev–Trinajstić information content (AvgIpc) is 3.08. The molecule has 1 aromatic carbocycles. The molecule has 3 aromatic rings. The van der Waals surface area contributed by atoms with Crippen LogP contribution in [-0.2, 0) is 0 Å². The second kappa shape index (κ2) is 8.44. The van der Waals surface area contributed by atoms with Crippen molar-refractivity contribution in [3.8, 4) is 11.6 Å². The van der Waals surface area contributed by atoms with Crippen LogP contribution < -0.4 is 15.0 Å². The summed E-state index contributed by atoms with van der Waals surface area (Å²) in [5.74, 6) is 1.46. The summed E-state index contributed by atoms with van der Waals surface area (Å²) >= 11 is 0. The third kappa shape index (κ3) is 3.80. The van der Waals surface area contributed by atoms with E-state index in [0.29, 0.717) is 24.5 Å². The number of benzene rings is 1. The molecule has 0 radical (unpaired) electrons. The largest absolute Gasteiger partial charge is 0.495 e. The van der Waals surface area contributed by atoms with E-state index in [1.807, 2.05) is 59.0 Å². The highest BCUT2D eigenvalue weighted by Gasteiger charge is 2.26. The molecule has 1 aliphatic heterocycles. The molecule has 1 N–H and O–H groups in total. The molecular formula is C22H26N6O2. The first kappa shape index (κ1) is 19.8. The van der Waals surface area contributed by atoms with E-state index in [2.05, 4.69) is 22.1 Å². The Morgan fingerprint density at radius 2 is 1.77 bits per heavy atom. The first-order chi connectivity index (χ1) is 14.6. The van der Waals surface area contributed by atoms with Crippen LogP contribution in [0.5, 0.6) is 5.75 Å². The van der Waals surface area contributed by atoms with E-state index in [0.717, 1.165) is 36.0 Å². The standard InChI is InChI=1S/C22H26N6O2/c1-16-21(17(2)28(25-16)20-10-6-7-11-23-20)26-12-14-27(15-13-26)22(29)24-18-8-4-5-9-19(18)30-3/h4-11H,12-15H2,1-3H3,(H,24,29). The summed E-state index contributed by atoms with van der Waals surface area (Å²) in [5.41, 5.74) is 3.81. The number of piperazine rings is 1. The molecule has 1 saturated heterocycles. The molecule has 3 heterocycles. The van der Waals surface area contributed by atoms with E-state index in [4.69, 9.17) is 9.84 Å². The van der Waals surface area contributed by atoms with Crippen LogP contribution in [0.4, 0.5) is 16.2 Å². The number of urea groups is 1. The molecule has 1 fully saturated rings. The van der Waals surface area contributed by atoms with Crippen molar-refractivity contribution in [2.75, 3.05) is 43.5 Å². The highest BCUT2D eigenvalue weighted by molar-refractivity contribution is 5.91. The van der Waals surface area contributed by atoms with Gasteiger partial charge in [0.15, 0.2) is 5.82 Å². The molecule has 2 amide bonds. The molecule has 0 aliphatic carbocycles. The van der Waals surface area contributed by atoms with Gasteiger partial charge in [0.1, 0.15) is 5.75 Å². The van der Waals surface area contributed by atoms with Gasteiger partial charge in [-0.2, -0.15) is 5.10 Å². The van der Waals surface area contributed by atoms with Gasteiger partial charge in [0.05, 0.1) is 29.9 Å². The van der Waals surface area contributed by atoms with Crippen molar-refractivity contribution in [3.05, 3.63) is 60.0 Å². The summed E-state index contributed by atoms with van der Waals surface area (Å²) in [7, 11) is 1.60. The van der Waals surface area contributed by atoms with Crippen molar-refractivity contribution in [3.63, 3.8) is 0 Å². The number of nitrogens with zero attached hydrogens (tertiary/aromatic N) is 5. The quantitative estimate of drug-likeness (QED) is 0.720. The van der Waals surface area contributed by atoms with Crippen LogP contribution in [0, 0.1) is 13.8 Å². The number of carbonyl (C=O) groups excluding carboxylic acids is 1. The van der Waals surface area contributed by atoms with Gasteiger partial charge in [-0.15, -0.1) is 0 Å². The Bertz CT molecular complexity index is 1030. The highest BCUT2D eigenvalue weighted by Crippen LogP contribution is 2.28. The van der Waals surface area contributed by atoms with Crippen LogP contribution in [0.15, 0.2) is 48.7 Å². The van der Waals surface area contributed by atoms with E-state index in [1.54, 1.807) is 13.3 Å². The fourth-order valence-corrected chi connectivity index (χ4v) is 3.87. The van der Waals surface area contributed by atoms with Gasteiger partial charge in [0.25, 0.3) is 0 Å². The number of carbonyl (C=O) groups is 1. The Labute approximate surface area is 176 Å². The molecule has 2 aromatic heterocycles. The Morgan fingerprint density at radius 3 is 2.47 bits per heavy atom. The Hall–Kier alpha value is -3.55. The summed E-state index contributed by atoms with van der Waals surface area (Å²) in [5, 5.41) is 7.64. The number of methoxy groups -OCH3 is 1. The minimum Gasteiger partial charge on any atom is -0.495 e. The van der Waals surface area contributed by atoms with Gasteiger partial charge in [-0.25, -0.2) is 14.5 Å². The summed E-state index contributed by atoms with van der Waals surface area (Å²) in [4.78, 5) is 21.3. The lowest BCUT2D eigenvalue weighted by molar-refractivity contribution is 0.208. The number of nitrogens with one attached hydrogen (secondary N) is 1. The number of amides is 2. The number of para-hydroxylation sites is 2. The van der Waals surface area contributed by atoms with E-state index in [-0.39, 0.29) is 6.03 Å². The van der Waals surface area contributed by atoms with Crippen molar-refractivity contribution >= 4 is 17.4 Å². The topological polar surface area (TPSA) is 75.5 Å². The van der Waals surface area contributed by atoms with Crippen LogP contribution in [0.25, 0.3) is 5.82 Å². The number of rotatable bonds is 4. The third-order valence-corrected chi connectivity index (χ3v) is 5.35. The Balaban J connectivity index is 1.44. The monoisotopic (exact) mass is 406 g/mol. The summed E-state index contributed by atoms with van der Waals surface area (Å²) in [6, 6.07) is 13.1. The van der Waals surface area contributed by atoms with Gasteiger partial charge >= 0.3 is 6.03 Å². The molecule has 0 spiro atoms. The van der Waals surface area contributed by atoms with Crippen LogP contribution in [0.1, 0.15) is 11.4 Å². The first-order valence-corrected chi connectivity index (χ1v) is 10.00. The smallest absolute Gasteiger partial charge is 0.322 e. The number of hydrogen-bond donors (Lipinski definition) is 1. The van der Waals surface area contributed by atoms with Gasteiger partial charge in [0, 0.05) is 32.4 Å². The zero-order valence-electron chi connectivity index (χ0n) is 17.5. The van der Waals surface area contributed by atoms with E-state index < -0.39 is 0 Å². The van der Waals surface area contributed by atoms with Gasteiger partial charge in [-0.1, -0.05) is 18.2 Å². The predicted octanol–water partition coefficient (Wildman–Crippen LogP) is 3.25. The fraction of sp³-hybridized carbons (Fsp3) is 0.318. The van der Waals surface area contributed by atoms with Crippen molar-refractivity contribution < 1.29 is 9.53 Å². The lowest BCUT2D eigenvalue weighted by atomic mass is 10.2. The molecule has 1 aliphatic rings. The van der Waals surface area contributed by atoms with E-state index >= 15 is 0 Å². The van der Waals surface area contributed by atoms with Crippen LogP contribution >= 0.6 is 0 Å². The minimum absolute atomic E-state index is 0.114. The number of hydrogen-bond acceptors (Lipinski definition) is 5. The number of aromatic nitrogens is 3. The number of pyridine rings is 1. The molecule has 0 saturated carbocycles. The van der Waals surface area contributed by atoms with Crippen molar-refractivity contribution in [1.29, 1.82) is 0 Å². The second-order valence-corrected chi connectivity index (χ2v) is 7.22. The minimum atomic E-state index is -0.114. The molecule has 30 heavy (non-hydrogen) atoms. The summed E-state index contributed by atoms with van der Waals surface area (Å²) in [6.45, 7) is 6.83. The zero-order valence-corrected chi connectivity index (χ0v) is 17.5. The maximum Gasteiger partial charge on any atom is 0.322 e. The number of ether oxygens (including phenoxy) is 1. The number of anilines is 2. The lowest BCUT2D eigenvalue weighted by Crippen LogP contribution is -2.50. The van der Waals surface area contributed by atoms with Crippen LogP contribution in [-0.4, -0.2) is 59.0 Å². The average molecular weight is 406 g/mol. The molecule has 8 nitrogen and oxygen atoms in total. The molecule has 0 atom stereocenters. The van der Waals surface area contributed by atoms with Crippen LogP contribution in [0.3, 0.4) is 0 Å². The molecule has 0 unspecified atom stereocenters. The van der Waals surface area contributed by atoms with Crippen LogP contribution in [0.2, 0.25) is 0 Å². The molecule has 0 bridgehead atoms. The second-order valence-electron chi connectivity index (χ2n) is 7.22. The third-order valence-electron chi connectivity index (χ3n) is 5.35. The van der Waals surface area contributed by atoms with Crippen molar-refractivity contribution in [2.24, 2.45) is 0 Å².